The van der Waals surface area contributed by atoms with E-state index in [1.165, 1.54) is 24.8 Å². The molecule has 0 radical (unpaired) electrons. The smallest absolute Gasteiger partial charge is 0.209 e. The molecule has 1 unspecified atom stereocenters. The van der Waals surface area contributed by atoms with E-state index >= 15 is 0 Å². The van der Waals surface area contributed by atoms with Gasteiger partial charge in [0.1, 0.15) is 0 Å². The van der Waals surface area contributed by atoms with Crippen LogP contribution in [0.15, 0.2) is 24.3 Å². The summed E-state index contributed by atoms with van der Waals surface area (Å²) in [5.41, 5.74) is 1.41. The molecule has 0 saturated carbocycles. The Morgan fingerprint density at radius 1 is 1.21 bits per heavy atom. The molecule has 0 bridgehead atoms. The molecule has 1 aromatic rings. The van der Waals surface area contributed by atoms with E-state index in [1.54, 1.807) is 4.90 Å². The van der Waals surface area contributed by atoms with Crippen LogP contribution in [0.5, 0.6) is 0 Å². The van der Waals surface area contributed by atoms with Gasteiger partial charge >= 0.3 is 0 Å². The normalized spacial score (nSPS) is 21.9. The number of amides is 1. The molecule has 1 amide bonds. The molecular weight excluding hydrogens is 260 g/mol. The molecule has 2 fully saturated rings. The molecule has 3 rings (SSSR count). The Bertz CT molecular complexity index is 382. The molecule has 1 N–H and O–H groups in total. The molecule has 1 aromatic carbocycles. The predicted octanol–water partition coefficient (Wildman–Crippen LogP) is 2.66. The standard InChI is InChI=1S/C10H12ClN.C5H9NO/c11-10-3-1-8(2-4-10)9-5-6-12-7-9;7-5-6-3-1-2-4-6/h1-4,9,12H,5-7H2;5H,1-4H2. The van der Waals surface area contributed by atoms with Crippen LogP contribution in [0.1, 0.15) is 30.7 Å². The van der Waals surface area contributed by atoms with Crippen LogP contribution in [-0.4, -0.2) is 37.5 Å². The third-order valence-corrected chi connectivity index (χ3v) is 3.94. The average molecular weight is 281 g/mol. The number of halogens is 1. The lowest BCUT2D eigenvalue weighted by atomic mass is 9.99. The minimum atomic E-state index is 0.697. The summed E-state index contributed by atoms with van der Waals surface area (Å²) in [6, 6.07) is 8.18. The van der Waals surface area contributed by atoms with E-state index in [0.717, 1.165) is 37.6 Å². The van der Waals surface area contributed by atoms with Gasteiger partial charge in [0, 0.05) is 24.7 Å². The predicted molar refractivity (Wildman–Crippen MR) is 78.6 cm³/mol. The molecule has 2 aliphatic heterocycles. The van der Waals surface area contributed by atoms with Crippen LogP contribution in [0, 0.1) is 0 Å². The number of hydrogen-bond acceptors (Lipinski definition) is 2. The van der Waals surface area contributed by atoms with Crippen LogP contribution >= 0.6 is 11.6 Å². The lowest BCUT2D eigenvalue weighted by Crippen LogP contribution is -2.15. The van der Waals surface area contributed by atoms with E-state index in [2.05, 4.69) is 17.4 Å². The van der Waals surface area contributed by atoms with Crippen LogP contribution in [0.3, 0.4) is 0 Å². The fourth-order valence-corrected chi connectivity index (χ4v) is 2.65. The van der Waals surface area contributed by atoms with Crippen molar-refractivity contribution in [1.29, 1.82) is 0 Å². The minimum absolute atomic E-state index is 0.697. The largest absolute Gasteiger partial charge is 0.345 e. The van der Waals surface area contributed by atoms with Crippen LogP contribution in [0.4, 0.5) is 0 Å². The second-order valence-corrected chi connectivity index (χ2v) is 5.53. The van der Waals surface area contributed by atoms with Gasteiger partial charge in [0.15, 0.2) is 0 Å². The molecule has 0 aromatic heterocycles. The summed E-state index contributed by atoms with van der Waals surface area (Å²) < 4.78 is 0. The molecule has 2 aliphatic rings. The number of benzene rings is 1. The average Bonchev–Trinajstić information content (AvgIpc) is 3.14. The number of rotatable bonds is 2. The van der Waals surface area contributed by atoms with Crippen LogP contribution in [-0.2, 0) is 4.79 Å². The van der Waals surface area contributed by atoms with E-state index < -0.39 is 0 Å². The van der Waals surface area contributed by atoms with Crippen molar-refractivity contribution in [3.63, 3.8) is 0 Å². The van der Waals surface area contributed by atoms with Gasteiger partial charge < -0.3 is 10.2 Å². The highest BCUT2D eigenvalue weighted by Gasteiger charge is 2.15. The van der Waals surface area contributed by atoms with Crippen molar-refractivity contribution in [3.8, 4) is 0 Å². The van der Waals surface area contributed by atoms with E-state index in [9.17, 15) is 4.79 Å². The van der Waals surface area contributed by atoms with Crippen molar-refractivity contribution in [2.75, 3.05) is 26.2 Å². The SMILES string of the molecule is Clc1ccc(C2CCNC2)cc1.O=CN1CCCC1. The number of carbonyl (C=O) groups excluding carboxylic acids is 1. The van der Waals surface area contributed by atoms with Gasteiger partial charge in [0.2, 0.25) is 6.41 Å². The van der Waals surface area contributed by atoms with Gasteiger partial charge in [-0.05, 0) is 49.4 Å². The van der Waals surface area contributed by atoms with Crippen LogP contribution < -0.4 is 5.32 Å². The molecule has 3 nitrogen and oxygen atoms in total. The van der Waals surface area contributed by atoms with E-state index in [-0.39, 0.29) is 0 Å². The molecule has 2 saturated heterocycles. The summed E-state index contributed by atoms with van der Waals surface area (Å²) in [6.07, 6.45) is 4.56. The van der Waals surface area contributed by atoms with Gasteiger partial charge in [-0.3, -0.25) is 4.79 Å². The first kappa shape index (κ1) is 14.4. The second kappa shape index (κ2) is 7.51. The van der Waals surface area contributed by atoms with Gasteiger partial charge in [0.25, 0.3) is 0 Å². The van der Waals surface area contributed by atoms with Crippen molar-refractivity contribution in [3.05, 3.63) is 34.9 Å². The molecule has 4 heteroatoms. The van der Waals surface area contributed by atoms with E-state index in [4.69, 9.17) is 11.6 Å². The molecule has 0 spiro atoms. The van der Waals surface area contributed by atoms with E-state index in [0.29, 0.717) is 5.92 Å². The first-order valence-corrected chi connectivity index (χ1v) is 7.33. The maximum atomic E-state index is 9.93. The molecule has 19 heavy (non-hydrogen) atoms. The maximum Gasteiger partial charge on any atom is 0.209 e. The Morgan fingerprint density at radius 3 is 2.37 bits per heavy atom. The van der Waals surface area contributed by atoms with Gasteiger partial charge in [-0.1, -0.05) is 23.7 Å². The summed E-state index contributed by atoms with van der Waals surface area (Å²) >= 11 is 5.80. The Balaban J connectivity index is 0.000000163. The highest BCUT2D eigenvalue weighted by molar-refractivity contribution is 6.30. The Kier molecular flexibility index (Phi) is 5.67. The lowest BCUT2D eigenvalue weighted by molar-refractivity contribution is -0.117. The highest BCUT2D eigenvalue weighted by Crippen LogP contribution is 2.23. The number of carbonyl (C=O) groups is 1. The first-order chi connectivity index (χ1) is 9.29. The number of hydrogen-bond donors (Lipinski definition) is 1. The monoisotopic (exact) mass is 280 g/mol. The Morgan fingerprint density at radius 2 is 1.89 bits per heavy atom. The Hall–Kier alpha value is -1.06. The maximum absolute atomic E-state index is 9.93. The minimum Gasteiger partial charge on any atom is -0.345 e. The van der Waals surface area contributed by atoms with Crippen molar-refractivity contribution in [1.82, 2.24) is 10.2 Å². The molecule has 2 heterocycles. The van der Waals surface area contributed by atoms with Crippen molar-refractivity contribution in [2.24, 2.45) is 0 Å². The number of likely N-dealkylation sites (tertiary alicyclic amines) is 1. The summed E-state index contributed by atoms with van der Waals surface area (Å²) in [5, 5.41) is 4.18. The summed E-state index contributed by atoms with van der Waals surface area (Å²) in [5.74, 6) is 0.697. The topological polar surface area (TPSA) is 32.3 Å². The zero-order chi connectivity index (χ0) is 13.5. The fourth-order valence-electron chi connectivity index (χ4n) is 2.52. The lowest BCUT2D eigenvalue weighted by Gasteiger charge is -2.07. The van der Waals surface area contributed by atoms with Crippen LogP contribution in [0.2, 0.25) is 5.02 Å². The van der Waals surface area contributed by atoms with Gasteiger partial charge in [-0.15, -0.1) is 0 Å². The molecule has 0 aliphatic carbocycles. The molecule has 1 atom stereocenters. The van der Waals surface area contributed by atoms with Gasteiger partial charge in [0.05, 0.1) is 0 Å². The van der Waals surface area contributed by atoms with Gasteiger partial charge in [-0.2, -0.15) is 0 Å². The highest BCUT2D eigenvalue weighted by atomic mass is 35.5. The fraction of sp³-hybridized carbons (Fsp3) is 0.533. The zero-order valence-electron chi connectivity index (χ0n) is 11.1. The van der Waals surface area contributed by atoms with Gasteiger partial charge in [-0.25, -0.2) is 0 Å². The summed E-state index contributed by atoms with van der Waals surface area (Å²) in [4.78, 5) is 11.7. The Labute approximate surface area is 119 Å². The summed E-state index contributed by atoms with van der Waals surface area (Å²) in [6.45, 7) is 4.21. The van der Waals surface area contributed by atoms with Crippen molar-refractivity contribution in [2.45, 2.75) is 25.2 Å². The molecule has 104 valence electrons. The zero-order valence-corrected chi connectivity index (χ0v) is 11.9. The molecular formula is C15H21ClN2O. The third-order valence-electron chi connectivity index (χ3n) is 3.69. The quantitative estimate of drug-likeness (QED) is 0.845. The number of nitrogens with one attached hydrogen (secondary N) is 1. The summed E-state index contributed by atoms with van der Waals surface area (Å²) in [7, 11) is 0. The van der Waals surface area contributed by atoms with Crippen molar-refractivity contribution >= 4 is 18.0 Å². The third kappa shape index (κ3) is 4.51. The van der Waals surface area contributed by atoms with Crippen LogP contribution in [0.25, 0.3) is 0 Å². The first-order valence-electron chi connectivity index (χ1n) is 6.95. The van der Waals surface area contributed by atoms with Crippen molar-refractivity contribution < 1.29 is 4.79 Å². The second-order valence-electron chi connectivity index (χ2n) is 5.09. The van der Waals surface area contributed by atoms with E-state index in [1.807, 2.05) is 12.1 Å². The number of nitrogens with zero attached hydrogens (tertiary/aromatic N) is 1.